The quantitative estimate of drug-likeness (QED) is 0.518. The molecule has 1 aromatic carbocycles. The largest absolute Gasteiger partial charge is 0.376 e. The van der Waals surface area contributed by atoms with Gasteiger partial charge in [-0.05, 0) is 25.0 Å². The van der Waals surface area contributed by atoms with E-state index < -0.39 is 15.9 Å². The van der Waals surface area contributed by atoms with Gasteiger partial charge in [0.1, 0.15) is 0 Å². The van der Waals surface area contributed by atoms with E-state index in [2.05, 4.69) is 25.6 Å². The molecule has 0 bridgehead atoms. The Hall–Kier alpha value is -2.57. The molecule has 1 aromatic heterocycles. The molecule has 0 aliphatic carbocycles. The molecule has 1 saturated heterocycles. The van der Waals surface area contributed by atoms with Crippen molar-refractivity contribution in [3.63, 3.8) is 0 Å². The van der Waals surface area contributed by atoms with Crippen molar-refractivity contribution in [2.45, 2.75) is 37.1 Å². The van der Waals surface area contributed by atoms with Crippen LogP contribution in [0.5, 0.6) is 0 Å². The summed E-state index contributed by atoms with van der Waals surface area (Å²) in [6.45, 7) is 4.44. The molecule has 1 aliphatic heterocycles. The Balaban J connectivity index is 1.71. The number of anilines is 2. The second-order valence-corrected chi connectivity index (χ2v) is 9.85. The first-order valence-electron chi connectivity index (χ1n) is 9.42. The van der Waals surface area contributed by atoms with Crippen molar-refractivity contribution in [3.05, 3.63) is 29.8 Å². The number of sulfonamides is 1. The number of amides is 2. The summed E-state index contributed by atoms with van der Waals surface area (Å²) in [7, 11) is -4.10. The molecule has 1 atom stereocenters. The maximum atomic E-state index is 12.7. The summed E-state index contributed by atoms with van der Waals surface area (Å²) >= 11 is 0.724. The molecule has 1 aliphatic rings. The van der Waals surface area contributed by atoms with Crippen LogP contribution in [0.3, 0.4) is 0 Å². The Bertz CT molecular complexity index is 1020. The van der Waals surface area contributed by atoms with Gasteiger partial charge >= 0.3 is 0 Å². The number of carbonyl (C=O) groups excluding carboxylic acids is 2. The van der Waals surface area contributed by atoms with Crippen LogP contribution in [0.25, 0.3) is 0 Å². The molecule has 1 fully saturated rings. The fourth-order valence-electron chi connectivity index (χ4n) is 2.68. The van der Waals surface area contributed by atoms with Gasteiger partial charge in [0, 0.05) is 19.1 Å². The number of hydrogen-bond donors (Lipinski definition) is 3. The van der Waals surface area contributed by atoms with Gasteiger partial charge in [0.15, 0.2) is 0 Å². The SMILES string of the molecule is CC(C)C(=O)Nc1nnc(S(=O)(=O)Nc2ccccc2C(=O)NC[C@H]2CCCO2)s1. The Morgan fingerprint density at radius 1 is 1.27 bits per heavy atom. The Kier molecular flexibility index (Phi) is 7.00. The first-order chi connectivity index (χ1) is 14.3. The van der Waals surface area contributed by atoms with Crippen molar-refractivity contribution in [1.29, 1.82) is 0 Å². The van der Waals surface area contributed by atoms with E-state index in [1.807, 2.05) is 0 Å². The highest BCUT2D eigenvalue weighted by Gasteiger charge is 2.24. The molecule has 3 N–H and O–H groups in total. The van der Waals surface area contributed by atoms with Gasteiger partial charge in [-0.2, -0.15) is 8.42 Å². The van der Waals surface area contributed by atoms with Crippen molar-refractivity contribution >= 4 is 44.0 Å². The van der Waals surface area contributed by atoms with Crippen LogP contribution in [-0.2, 0) is 19.6 Å². The minimum Gasteiger partial charge on any atom is -0.376 e. The lowest BCUT2D eigenvalue weighted by Crippen LogP contribution is -2.32. The molecule has 10 nitrogen and oxygen atoms in total. The lowest BCUT2D eigenvalue weighted by atomic mass is 10.1. The average molecular weight is 454 g/mol. The Morgan fingerprint density at radius 3 is 2.73 bits per heavy atom. The summed E-state index contributed by atoms with van der Waals surface area (Å²) in [5.74, 6) is -0.991. The molecular formula is C18H23N5O5S2. The molecular weight excluding hydrogens is 430 g/mol. The normalized spacial score (nSPS) is 16.4. The first kappa shape index (κ1) is 22.1. The van der Waals surface area contributed by atoms with Crippen LogP contribution < -0.4 is 15.4 Å². The molecule has 0 radical (unpaired) electrons. The summed E-state index contributed by atoms with van der Waals surface area (Å²) in [5, 5.41) is 12.7. The lowest BCUT2D eigenvalue weighted by Gasteiger charge is -2.13. The minimum atomic E-state index is -4.10. The number of benzene rings is 1. The Labute approximate surface area is 178 Å². The maximum Gasteiger partial charge on any atom is 0.291 e. The number of aromatic nitrogens is 2. The molecule has 2 aromatic rings. The van der Waals surface area contributed by atoms with E-state index in [-0.39, 0.29) is 38.7 Å². The molecule has 0 spiro atoms. The Morgan fingerprint density at radius 2 is 2.03 bits per heavy atom. The van der Waals surface area contributed by atoms with Gasteiger partial charge in [0.25, 0.3) is 20.3 Å². The van der Waals surface area contributed by atoms with E-state index in [1.165, 1.54) is 12.1 Å². The average Bonchev–Trinajstić information content (AvgIpc) is 3.38. The predicted molar refractivity (Wildman–Crippen MR) is 112 cm³/mol. The van der Waals surface area contributed by atoms with Crippen molar-refractivity contribution in [2.75, 3.05) is 23.2 Å². The molecule has 2 heterocycles. The summed E-state index contributed by atoms with van der Waals surface area (Å²) < 4.78 is 33.0. The van der Waals surface area contributed by atoms with E-state index in [0.29, 0.717) is 13.2 Å². The third-order valence-electron chi connectivity index (χ3n) is 4.32. The molecule has 162 valence electrons. The van der Waals surface area contributed by atoms with Crippen molar-refractivity contribution in [3.8, 4) is 0 Å². The highest BCUT2D eigenvalue weighted by molar-refractivity contribution is 7.94. The van der Waals surface area contributed by atoms with Crippen molar-refractivity contribution < 1.29 is 22.7 Å². The summed E-state index contributed by atoms with van der Waals surface area (Å²) in [5.41, 5.74) is 0.294. The molecule has 0 unspecified atom stereocenters. The van der Waals surface area contributed by atoms with Crippen LogP contribution in [0.1, 0.15) is 37.0 Å². The van der Waals surface area contributed by atoms with E-state index in [0.717, 1.165) is 24.2 Å². The summed E-state index contributed by atoms with van der Waals surface area (Å²) in [4.78, 5) is 24.3. The maximum absolute atomic E-state index is 12.7. The number of hydrogen-bond acceptors (Lipinski definition) is 8. The van der Waals surface area contributed by atoms with Crippen LogP contribution in [0.15, 0.2) is 28.6 Å². The number of nitrogens with zero attached hydrogens (tertiary/aromatic N) is 2. The zero-order chi connectivity index (χ0) is 21.7. The summed E-state index contributed by atoms with van der Waals surface area (Å²) in [6.07, 6.45) is 1.80. The van der Waals surface area contributed by atoms with Crippen LogP contribution in [0.4, 0.5) is 10.8 Å². The van der Waals surface area contributed by atoms with Gasteiger partial charge in [0.05, 0.1) is 17.4 Å². The van der Waals surface area contributed by atoms with Gasteiger partial charge in [-0.1, -0.05) is 37.3 Å². The number of nitrogens with one attached hydrogen (secondary N) is 3. The number of rotatable bonds is 8. The number of carbonyl (C=O) groups is 2. The second kappa shape index (κ2) is 9.49. The van der Waals surface area contributed by atoms with E-state index >= 15 is 0 Å². The van der Waals surface area contributed by atoms with Gasteiger partial charge < -0.3 is 15.4 Å². The van der Waals surface area contributed by atoms with Crippen LogP contribution in [0, 0.1) is 5.92 Å². The highest BCUT2D eigenvalue weighted by atomic mass is 32.2. The minimum absolute atomic E-state index is 0.0290. The fraction of sp³-hybridized carbons (Fsp3) is 0.444. The molecule has 0 saturated carbocycles. The summed E-state index contributed by atoms with van der Waals surface area (Å²) in [6, 6.07) is 6.27. The first-order valence-corrected chi connectivity index (χ1v) is 11.7. The van der Waals surface area contributed by atoms with Gasteiger partial charge in [0.2, 0.25) is 11.0 Å². The van der Waals surface area contributed by atoms with Crippen LogP contribution in [-0.4, -0.2) is 49.7 Å². The van der Waals surface area contributed by atoms with Crippen LogP contribution in [0.2, 0.25) is 0 Å². The van der Waals surface area contributed by atoms with Gasteiger partial charge in [-0.3, -0.25) is 14.3 Å². The second-order valence-electron chi connectivity index (χ2n) is 7.01. The van der Waals surface area contributed by atoms with Gasteiger partial charge in [-0.15, -0.1) is 10.2 Å². The van der Waals surface area contributed by atoms with Crippen LogP contribution >= 0.6 is 11.3 Å². The van der Waals surface area contributed by atoms with Gasteiger partial charge in [-0.25, -0.2) is 0 Å². The third kappa shape index (κ3) is 5.52. The number of para-hydroxylation sites is 1. The zero-order valence-electron chi connectivity index (χ0n) is 16.5. The monoisotopic (exact) mass is 453 g/mol. The van der Waals surface area contributed by atoms with E-state index in [1.54, 1.807) is 26.0 Å². The van der Waals surface area contributed by atoms with E-state index in [9.17, 15) is 18.0 Å². The van der Waals surface area contributed by atoms with Crippen molar-refractivity contribution in [2.24, 2.45) is 5.92 Å². The highest BCUT2D eigenvalue weighted by Crippen LogP contribution is 2.24. The fourth-order valence-corrected chi connectivity index (χ4v) is 4.67. The zero-order valence-corrected chi connectivity index (χ0v) is 18.2. The molecule has 30 heavy (non-hydrogen) atoms. The molecule has 2 amide bonds. The van der Waals surface area contributed by atoms with E-state index in [4.69, 9.17) is 4.74 Å². The number of ether oxygens (including phenoxy) is 1. The smallest absolute Gasteiger partial charge is 0.291 e. The van der Waals surface area contributed by atoms with Crippen molar-refractivity contribution in [1.82, 2.24) is 15.5 Å². The third-order valence-corrected chi connectivity index (χ3v) is 6.89. The molecule has 12 heteroatoms. The standard InChI is InChI=1S/C18H23N5O5S2/c1-11(2)15(24)20-17-21-22-18(29-17)30(26,27)23-14-8-4-3-7-13(14)16(25)19-10-12-6-5-9-28-12/h3-4,7-8,11-12,23H,5-6,9-10H2,1-2H3,(H,19,25)(H,20,21,24)/t12-/m1/s1. The molecule has 3 rings (SSSR count). The topological polar surface area (TPSA) is 139 Å². The predicted octanol–water partition coefficient (Wildman–Crippen LogP) is 1.84. The lowest BCUT2D eigenvalue weighted by molar-refractivity contribution is -0.118.